The molecule has 0 radical (unpaired) electrons. The van der Waals surface area contributed by atoms with Gasteiger partial charge in [0.2, 0.25) is 0 Å². The molecule has 19 heavy (non-hydrogen) atoms. The second-order valence-electron chi connectivity index (χ2n) is 5.52. The minimum absolute atomic E-state index is 0.00618. The van der Waals surface area contributed by atoms with Crippen LogP contribution in [0.1, 0.15) is 13.8 Å². The Hall–Kier alpha value is -1.43. The quantitative estimate of drug-likeness (QED) is 0.718. The molecule has 2 bridgehead atoms. The van der Waals surface area contributed by atoms with Gasteiger partial charge in [-0.15, -0.1) is 0 Å². The van der Waals surface area contributed by atoms with Crippen molar-refractivity contribution in [3.05, 3.63) is 36.5 Å². The number of hydroxylamine groups is 1. The predicted octanol–water partition coefficient (Wildman–Crippen LogP) is 1.66. The molecule has 0 aromatic carbocycles. The molecule has 0 saturated carbocycles. The standard InChI is InChI=1S/C14H16N2O3/c1-14(2)17-12-9-6-7-10(13(12)18-14)19-16(9)11-5-3-4-8-15-11/h3-10,12-13H,1-2H3/t9-,10+,12+,13-/m0/s1. The van der Waals surface area contributed by atoms with Crippen LogP contribution in [0.25, 0.3) is 0 Å². The fraction of sp³-hybridized carbons (Fsp3) is 0.500. The van der Waals surface area contributed by atoms with Gasteiger partial charge in [0.25, 0.3) is 0 Å². The summed E-state index contributed by atoms with van der Waals surface area (Å²) in [6, 6.07) is 5.78. The van der Waals surface area contributed by atoms with Crippen LogP contribution < -0.4 is 5.06 Å². The zero-order valence-corrected chi connectivity index (χ0v) is 10.9. The average molecular weight is 260 g/mol. The molecule has 5 rings (SSSR count). The summed E-state index contributed by atoms with van der Waals surface area (Å²) in [7, 11) is 0. The van der Waals surface area contributed by atoms with Crippen LogP contribution in [-0.4, -0.2) is 35.1 Å². The Morgan fingerprint density at radius 2 is 2.00 bits per heavy atom. The number of fused-ring (bicyclic) bond motifs is 1. The number of aromatic nitrogens is 1. The normalized spacial score (nSPS) is 38.5. The third-order valence-electron chi connectivity index (χ3n) is 3.70. The van der Waals surface area contributed by atoms with Gasteiger partial charge in [0.1, 0.15) is 24.4 Å². The number of ether oxygens (including phenoxy) is 2. The molecule has 0 spiro atoms. The molecular formula is C14H16N2O3. The van der Waals surface area contributed by atoms with Crippen molar-refractivity contribution in [2.24, 2.45) is 0 Å². The monoisotopic (exact) mass is 260 g/mol. The van der Waals surface area contributed by atoms with Crippen molar-refractivity contribution in [2.45, 2.75) is 44.0 Å². The van der Waals surface area contributed by atoms with Crippen LogP contribution in [0.4, 0.5) is 5.82 Å². The smallest absolute Gasteiger partial charge is 0.164 e. The molecule has 1 aliphatic carbocycles. The van der Waals surface area contributed by atoms with E-state index in [1.165, 1.54) is 0 Å². The summed E-state index contributed by atoms with van der Waals surface area (Å²) < 4.78 is 11.9. The maximum Gasteiger partial charge on any atom is 0.164 e. The third kappa shape index (κ3) is 1.69. The highest BCUT2D eigenvalue weighted by Gasteiger charge is 2.56. The highest BCUT2D eigenvalue weighted by molar-refractivity contribution is 5.41. The topological polar surface area (TPSA) is 43.8 Å². The zero-order chi connectivity index (χ0) is 13.0. The molecule has 1 aromatic rings. The molecule has 4 atom stereocenters. The highest BCUT2D eigenvalue weighted by atomic mass is 16.8. The highest BCUT2D eigenvalue weighted by Crippen LogP contribution is 2.42. The van der Waals surface area contributed by atoms with E-state index in [4.69, 9.17) is 14.3 Å². The van der Waals surface area contributed by atoms with Gasteiger partial charge >= 0.3 is 0 Å². The number of hydrogen-bond acceptors (Lipinski definition) is 5. The number of pyridine rings is 1. The van der Waals surface area contributed by atoms with Crippen LogP contribution in [0.3, 0.4) is 0 Å². The van der Waals surface area contributed by atoms with Crippen molar-refractivity contribution < 1.29 is 14.3 Å². The lowest BCUT2D eigenvalue weighted by molar-refractivity contribution is -0.150. The van der Waals surface area contributed by atoms with Gasteiger partial charge in [-0.2, -0.15) is 0 Å². The Morgan fingerprint density at radius 3 is 2.79 bits per heavy atom. The molecule has 4 heterocycles. The van der Waals surface area contributed by atoms with E-state index < -0.39 is 5.79 Å². The van der Waals surface area contributed by atoms with E-state index in [-0.39, 0.29) is 24.4 Å². The molecule has 0 N–H and O–H groups in total. The summed E-state index contributed by atoms with van der Waals surface area (Å²) in [5.41, 5.74) is 0. The first-order valence-corrected chi connectivity index (χ1v) is 6.55. The minimum Gasteiger partial charge on any atom is -0.342 e. The van der Waals surface area contributed by atoms with E-state index >= 15 is 0 Å². The third-order valence-corrected chi connectivity index (χ3v) is 3.70. The summed E-state index contributed by atoms with van der Waals surface area (Å²) in [6.45, 7) is 3.88. The first kappa shape index (κ1) is 11.4. The summed E-state index contributed by atoms with van der Waals surface area (Å²) in [4.78, 5) is 10.3. The van der Waals surface area contributed by atoms with Crippen molar-refractivity contribution in [3.63, 3.8) is 0 Å². The van der Waals surface area contributed by atoms with Gasteiger partial charge in [0, 0.05) is 6.20 Å². The van der Waals surface area contributed by atoms with Gasteiger partial charge < -0.3 is 9.47 Å². The van der Waals surface area contributed by atoms with Crippen molar-refractivity contribution in [2.75, 3.05) is 5.06 Å². The van der Waals surface area contributed by atoms with E-state index in [1.807, 2.05) is 37.1 Å². The number of rotatable bonds is 1. The molecule has 100 valence electrons. The predicted molar refractivity (Wildman–Crippen MR) is 68.3 cm³/mol. The van der Waals surface area contributed by atoms with Crippen LogP contribution in [0.15, 0.2) is 36.5 Å². The lowest BCUT2D eigenvalue weighted by atomic mass is 9.92. The summed E-state index contributed by atoms with van der Waals surface area (Å²) in [5.74, 6) is 0.245. The van der Waals surface area contributed by atoms with E-state index in [2.05, 4.69) is 17.1 Å². The van der Waals surface area contributed by atoms with Crippen LogP contribution in [0.5, 0.6) is 0 Å². The van der Waals surface area contributed by atoms with E-state index in [1.54, 1.807) is 6.20 Å². The van der Waals surface area contributed by atoms with Crippen molar-refractivity contribution in [3.8, 4) is 0 Å². The van der Waals surface area contributed by atoms with Gasteiger partial charge in [0.15, 0.2) is 11.6 Å². The van der Waals surface area contributed by atoms with E-state index in [9.17, 15) is 0 Å². The zero-order valence-electron chi connectivity index (χ0n) is 10.9. The molecule has 3 aliphatic heterocycles. The fourth-order valence-corrected chi connectivity index (χ4v) is 2.98. The molecular weight excluding hydrogens is 244 g/mol. The Kier molecular flexibility index (Phi) is 2.27. The van der Waals surface area contributed by atoms with Crippen LogP contribution in [0.2, 0.25) is 0 Å². The van der Waals surface area contributed by atoms with Gasteiger partial charge in [-0.25, -0.2) is 10.0 Å². The molecule has 0 unspecified atom stereocenters. The summed E-state index contributed by atoms with van der Waals surface area (Å²) in [6.07, 6.45) is 5.77. The fourth-order valence-electron chi connectivity index (χ4n) is 2.98. The average Bonchev–Trinajstić information content (AvgIpc) is 2.77. The molecule has 2 fully saturated rings. The number of anilines is 1. The van der Waals surface area contributed by atoms with Gasteiger partial charge in [-0.1, -0.05) is 18.2 Å². The molecule has 4 aliphatic rings. The number of nitrogens with zero attached hydrogens (tertiary/aromatic N) is 2. The van der Waals surface area contributed by atoms with Crippen molar-refractivity contribution >= 4 is 5.82 Å². The Bertz CT molecular complexity index is 517. The molecule has 5 nitrogen and oxygen atoms in total. The molecule has 0 amide bonds. The number of hydrogen-bond donors (Lipinski definition) is 0. The molecule has 5 heteroatoms. The maximum absolute atomic E-state index is 6.02. The Morgan fingerprint density at radius 1 is 1.16 bits per heavy atom. The first-order chi connectivity index (χ1) is 9.14. The molecule has 2 saturated heterocycles. The van der Waals surface area contributed by atoms with Crippen LogP contribution in [0, 0.1) is 0 Å². The van der Waals surface area contributed by atoms with Gasteiger partial charge in [-0.05, 0) is 26.0 Å². The van der Waals surface area contributed by atoms with Crippen molar-refractivity contribution in [1.29, 1.82) is 0 Å². The minimum atomic E-state index is -0.554. The van der Waals surface area contributed by atoms with Gasteiger partial charge in [0.05, 0.1) is 0 Å². The first-order valence-electron chi connectivity index (χ1n) is 6.55. The second kappa shape index (κ2) is 3.79. The Balaban J connectivity index is 1.68. The summed E-state index contributed by atoms with van der Waals surface area (Å²) >= 11 is 0. The SMILES string of the molecule is CC1(C)O[C@@H]2[C@H](O1)[C@@H]1C=C[C@H]2ON1c1ccccn1. The van der Waals surface area contributed by atoms with E-state index in [0.29, 0.717) is 0 Å². The van der Waals surface area contributed by atoms with Gasteiger partial charge in [-0.3, -0.25) is 4.84 Å². The second-order valence-corrected chi connectivity index (χ2v) is 5.52. The summed E-state index contributed by atoms with van der Waals surface area (Å²) in [5, 5.41) is 1.83. The maximum atomic E-state index is 6.02. The Labute approximate surface area is 111 Å². The lowest BCUT2D eigenvalue weighted by Crippen LogP contribution is -2.60. The van der Waals surface area contributed by atoms with Crippen LogP contribution >= 0.6 is 0 Å². The molecule has 1 aromatic heterocycles. The van der Waals surface area contributed by atoms with Crippen molar-refractivity contribution in [1.82, 2.24) is 4.98 Å². The van der Waals surface area contributed by atoms with E-state index in [0.717, 1.165) is 5.82 Å². The largest absolute Gasteiger partial charge is 0.342 e. The van der Waals surface area contributed by atoms with Crippen LogP contribution in [-0.2, 0) is 14.3 Å². The lowest BCUT2D eigenvalue weighted by Gasteiger charge is -2.45.